The third kappa shape index (κ3) is 2.05. The van der Waals surface area contributed by atoms with Gasteiger partial charge in [-0.15, -0.1) is 0 Å². The van der Waals surface area contributed by atoms with Gasteiger partial charge in [-0.05, 0) is 37.0 Å². The first-order valence-corrected chi connectivity index (χ1v) is 5.11. The standard InChI is InChI=1S/C12H14N2/c13-8-7-10-3-1-6-12(9-10)14-11-4-2-5-11/h1,3,6,9,11,14H,2,4-5,7H2. The molecule has 0 amide bonds. The number of rotatable bonds is 3. The van der Waals surface area contributed by atoms with Crippen LogP contribution in [0.2, 0.25) is 0 Å². The van der Waals surface area contributed by atoms with Crippen LogP contribution < -0.4 is 5.32 Å². The maximum Gasteiger partial charge on any atom is 0.0669 e. The average molecular weight is 186 g/mol. The zero-order valence-corrected chi connectivity index (χ0v) is 8.16. The lowest BCUT2D eigenvalue weighted by molar-refractivity contribution is 0.445. The lowest BCUT2D eigenvalue weighted by Crippen LogP contribution is -2.26. The van der Waals surface area contributed by atoms with Crippen molar-refractivity contribution < 1.29 is 0 Å². The van der Waals surface area contributed by atoms with Crippen LogP contribution in [-0.4, -0.2) is 6.04 Å². The zero-order valence-electron chi connectivity index (χ0n) is 8.16. The van der Waals surface area contributed by atoms with Crippen LogP contribution in [-0.2, 0) is 6.42 Å². The maximum atomic E-state index is 8.58. The zero-order chi connectivity index (χ0) is 9.80. The molecule has 2 nitrogen and oxygen atoms in total. The molecule has 1 saturated carbocycles. The molecular weight excluding hydrogens is 172 g/mol. The molecule has 0 atom stereocenters. The minimum absolute atomic E-state index is 0.500. The highest BCUT2D eigenvalue weighted by Crippen LogP contribution is 2.23. The molecule has 2 rings (SSSR count). The largest absolute Gasteiger partial charge is 0.382 e. The molecule has 1 aliphatic carbocycles. The van der Waals surface area contributed by atoms with Crippen molar-refractivity contribution in [3.05, 3.63) is 29.8 Å². The van der Waals surface area contributed by atoms with Gasteiger partial charge in [-0.25, -0.2) is 0 Å². The summed E-state index contributed by atoms with van der Waals surface area (Å²) >= 11 is 0. The summed E-state index contributed by atoms with van der Waals surface area (Å²) in [7, 11) is 0. The monoisotopic (exact) mass is 186 g/mol. The molecule has 0 bridgehead atoms. The predicted molar refractivity (Wildman–Crippen MR) is 57.0 cm³/mol. The summed E-state index contributed by atoms with van der Waals surface area (Å²) in [5.41, 5.74) is 2.25. The number of nitrogens with one attached hydrogen (secondary N) is 1. The van der Waals surface area contributed by atoms with Crippen molar-refractivity contribution in [1.29, 1.82) is 5.26 Å². The van der Waals surface area contributed by atoms with Crippen LogP contribution in [0, 0.1) is 11.3 Å². The Morgan fingerprint density at radius 2 is 2.29 bits per heavy atom. The Morgan fingerprint density at radius 3 is 2.93 bits per heavy atom. The second kappa shape index (κ2) is 4.15. The van der Waals surface area contributed by atoms with Crippen LogP contribution in [0.3, 0.4) is 0 Å². The molecule has 0 radical (unpaired) electrons. The Labute approximate surface area is 84.6 Å². The van der Waals surface area contributed by atoms with E-state index in [0.717, 1.165) is 11.3 Å². The topological polar surface area (TPSA) is 35.8 Å². The number of benzene rings is 1. The lowest BCUT2D eigenvalue weighted by Gasteiger charge is -2.27. The Hall–Kier alpha value is -1.49. The molecule has 1 N–H and O–H groups in total. The predicted octanol–water partition coefficient (Wildman–Crippen LogP) is 2.72. The van der Waals surface area contributed by atoms with E-state index >= 15 is 0 Å². The van der Waals surface area contributed by atoms with Crippen molar-refractivity contribution in [2.24, 2.45) is 0 Å². The first kappa shape index (κ1) is 9.08. The minimum Gasteiger partial charge on any atom is -0.382 e. The van der Waals surface area contributed by atoms with E-state index in [-0.39, 0.29) is 0 Å². The van der Waals surface area contributed by atoms with Gasteiger partial charge in [0.05, 0.1) is 12.5 Å². The molecule has 1 fully saturated rings. The van der Waals surface area contributed by atoms with Gasteiger partial charge in [0.2, 0.25) is 0 Å². The van der Waals surface area contributed by atoms with Crippen molar-refractivity contribution in [1.82, 2.24) is 0 Å². The summed E-state index contributed by atoms with van der Waals surface area (Å²) in [4.78, 5) is 0. The van der Waals surface area contributed by atoms with Crippen LogP contribution in [0.15, 0.2) is 24.3 Å². The van der Waals surface area contributed by atoms with E-state index in [4.69, 9.17) is 5.26 Å². The van der Waals surface area contributed by atoms with E-state index in [1.165, 1.54) is 19.3 Å². The van der Waals surface area contributed by atoms with E-state index in [9.17, 15) is 0 Å². The van der Waals surface area contributed by atoms with Crippen LogP contribution in [0.5, 0.6) is 0 Å². The molecule has 0 aliphatic heterocycles. The highest BCUT2D eigenvalue weighted by molar-refractivity contribution is 5.47. The average Bonchev–Trinajstić information content (AvgIpc) is 2.13. The van der Waals surface area contributed by atoms with Crippen molar-refractivity contribution in [3.63, 3.8) is 0 Å². The highest BCUT2D eigenvalue weighted by atomic mass is 14.9. The Kier molecular flexibility index (Phi) is 2.69. The van der Waals surface area contributed by atoms with Gasteiger partial charge in [-0.1, -0.05) is 12.1 Å². The molecular formula is C12H14N2. The maximum absolute atomic E-state index is 8.58. The molecule has 0 heterocycles. The smallest absolute Gasteiger partial charge is 0.0669 e. The Balaban J connectivity index is 2.02. The van der Waals surface area contributed by atoms with Gasteiger partial charge in [-0.2, -0.15) is 5.26 Å². The lowest BCUT2D eigenvalue weighted by atomic mass is 9.93. The van der Waals surface area contributed by atoms with Gasteiger partial charge < -0.3 is 5.32 Å². The summed E-state index contributed by atoms with van der Waals surface area (Å²) in [5, 5.41) is 12.0. The molecule has 0 aromatic heterocycles. The van der Waals surface area contributed by atoms with Crippen molar-refractivity contribution >= 4 is 5.69 Å². The van der Waals surface area contributed by atoms with Crippen molar-refractivity contribution in [2.45, 2.75) is 31.7 Å². The fourth-order valence-corrected chi connectivity index (χ4v) is 1.65. The first-order chi connectivity index (χ1) is 6.88. The van der Waals surface area contributed by atoms with Gasteiger partial charge in [0, 0.05) is 11.7 Å². The van der Waals surface area contributed by atoms with E-state index in [0.29, 0.717) is 12.5 Å². The summed E-state index contributed by atoms with van der Waals surface area (Å²) in [5.74, 6) is 0. The van der Waals surface area contributed by atoms with E-state index in [1.54, 1.807) is 0 Å². The number of nitrogens with zero attached hydrogens (tertiary/aromatic N) is 1. The third-order valence-electron chi connectivity index (χ3n) is 2.69. The molecule has 0 spiro atoms. The van der Waals surface area contributed by atoms with Gasteiger partial charge >= 0.3 is 0 Å². The summed E-state index contributed by atoms with van der Waals surface area (Å²) < 4.78 is 0. The van der Waals surface area contributed by atoms with Crippen LogP contribution in [0.25, 0.3) is 0 Å². The van der Waals surface area contributed by atoms with E-state index in [2.05, 4.69) is 23.5 Å². The summed E-state index contributed by atoms with van der Waals surface area (Å²) in [6, 6.07) is 11.0. The van der Waals surface area contributed by atoms with Crippen molar-refractivity contribution in [3.8, 4) is 6.07 Å². The first-order valence-electron chi connectivity index (χ1n) is 5.11. The second-order valence-electron chi connectivity index (χ2n) is 3.81. The number of anilines is 1. The van der Waals surface area contributed by atoms with Gasteiger partial charge in [0.25, 0.3) is 0 Å². The Bertz CT molecular complexity index is 348. The SMILES string of the molecule is N#CCc1cccc(NC2CCC2)c1. The fourth-order valence-electron chi connectivity index (χ4n) is 1.65. The van der Waals surface area contributed by atoms with Gasteiger partial charge in [0.15, 0.2) is 0 Å². The van der Waals surface area contributed by atoms with Crippen LogP contribution in [0.1, 0.15) is 24.8 Å². The number of nitriles is 1. The van der Waals surface area contributed by atoms with E-state index < -0.39 is 0 Å². The molecule has 2 heteroatoms. The molecule has 0 unspecified atom stereocenters. The van der Waals surface area contributed by atoms with Gasteiger partial charge in [0.1, 0.15) is 0 Å². The summed E-state index contributed by atoms with van der Waals surface area (Å²) in [6.07, 6.45) is 4.40. The minimum atomic E-state index is 0.500. The molecule has 72 valence electrons. The molecule has 1 aromatic rings. The second-order valence-corrected chi connectivity index (χ2v) is 3.81. The number of hydrogen-bond acceptors (Lipinski definition) is 2. The molecule has 14 heavy (non-hydrogen) atoms. The molecule has 1 aliphatic rings. The number of hydrogen-bond donors (Lipinski definition) is 1. The Morgan fingerprint density at radius 1 is 1.43 bits per heavy atom. The van der Waals surface area contributed by atoms with E-state index in [1.807, 2.05) is 12.1 Å². The summed E-state index contributed by atoms with van der Waals surface area (Å²) in [6.45, 7) is 0. The quantitative estimate of drug-likeness (QED) is 0.787. The van der Waals surface area contributed by atoms with Crippen LogP contribution in [0.4, 0.5) is 5.69 Å². The van der Waals surface area contributed by atoms with Crippen molar-refractivity contribution in [2.75, 3.05) is 5.32 Å². The van der Waals surface area contributed by atoms with Gasteiger partial charge in [-0.3, -0.25) is 0 Å². The highest BCUT2D eigenvalue weighted by Gasteiger charge is 2.16. The van der Waals surface area contributed by atoms with Crippen LogP contribution >= 0.6 is 0 Å². The normalized spacial score (nSPS) is 15.6. The third-order valence-corrected chi connectivity index (χ3v) is 2.69. The fraction of sp³-hybridized carbons (Fsp3) is 0.417. The molecule has 1 aromatic carbocycles. The molecule has 0 saturated heterocycles.